The van der Waals surface area contributed by atoms with Gasteiger partial charge in [0.05, 0.1) is 5.56 Å². The summed E-state index contributed by atoms with van der Waals surface area (Å²) >= 11 is 0. The molecule has 90 valence electrons. The van der Waals surface area contributed by atoms with Gasteiger partial charge in [-0.2, -0.15) is 13.2 Å². The molecule has 0 aliphatic carbocycles. The van der Waals surface area contributed by atoms with Crippen molar-refractivity contribution in [2.45, 2.75) is 19.6 Å². The minimum absolute atomic E-state index is 0.373. The second kappa shape index (κ2) is 4.15. The Morgan fingerprint density at radius 1 is 1.29 bits per heavy atom. The molecule has 0 saturated carbocycles. The maximum Gasteiger partial charge on any atom is 0.417 e. The number of nitrogens with zero attached hydrogens (tertiary/aromatic N) is 4. The van der Waals surface area contributed by atoms with E-state index in [4.69, 9.17) is 0 Å². The van der Waals surface area contributed by atoms with Gasteiger partial charge in [-0.15, -0.1) is 10.2 Å². The van der Waals surface area contributed by atoms with Crippen LogP contribution in [0.1, 0.15) is 12.5 Å². The van der Waals surface area contributed by atoms with Gasteiger partial charge >= 0.3 is 6.18 Å². The predicted octanol–water partition coefficient (Wildman–Crippen LogP) is 2.38. The van der Waals surface area contributed by atoms with Gasteiger partial charge in [-0.25, -0.2) is 0 Å². The molecule has 0 saturated heterocycles. The summed E-state index contributed by atoms with van der Waals surface area (Å²) in [5.74, 6) is 0.459. The molecule has 0 spiro atoms. The number of pyridine rings is 1. The van der Waals surface area contributed by atoms with E-state index in [1.807, 2.05) is 6.92 Å². The van der Waals surface area contributed by atoms with Crippen molar-refractivity contribution in [2.75, 3.05) is 0 Å². The van der Waals surface area contributed by atoms with Gasteiger partial charge in [0, 0.05) is 12.7 Å². The highest BCUT2D eigenvalue weighted by Crippen LogP contribution is 2.29. The van der Waals surface area contributed by atoms with Crippen molar-refractivity contribution in [3.05, 3.63) is 30.2 Å². The summed E-state index contributed by atoms with van der Waals surface area (Å²) in [5.41, 5.74) is -0.402. The molecule has 0 unspecified atom stereocenters. The molecule has 0 atom stereocenters. The summed E-state index contributed by atoms with van der Waals surface area (Å²) in [6.45, 7) is 2.52. The number of aryl methyl sites for hydroxylation is 1. The Morgan fingerprint density at radius 3 is 2.59 bits per heavy atom. The van der Waals surface area contributed by atoms with E-state index in [1.54, 1.807) is 4.57 Å². The molecule has 0 aliphatic heterocycles. The van der Waals surface area contributed by atoms with Crippen molar-refractivity contribution < 1.29 is 13.2 Å². The number of halogens is 3. The molecule has 0 N–H and O–H groups in total. The minimum Gasteiger partial charge on any atom is -0.313 e. The second-order valence-corrected chi connectivity index (χ2v) is 3.37. The van der Waals surface area contributed by atoms with Gasteiger partial charge in [0.15, 0.2) is 5.82 Å². The van der Waals surface area contributed by atoms with E-state index in [9.17, 15) is 13.2 Å². The Balaban J connectivity index is 2.36. The van der Waals surface area contributed by atoms with E-state index in [-0.39, 0.29) is 0 Å². The zero-order chi connectivity index (χ0) is 12.5. The van der Waals surface area contributed by atoms with Crippen molar-refractivity contribution in [1.82, 2.24) is 19.7 Å². The van der Waals surface area contributed by atoms with Crippen LogP contribution in [-0.2, 0) is 12.7 Å². The quantitative estimate of drug-likeness (QED) is 0.812. The van der Waals surface area contributed by atoms with Gasteiger partial charge in [-0.05, 0) is 19.1 Å². The third kappa shape index (κ3) is 2.27. The molecule has 2 aromatic rings. The van der Waals surface area contributed by atoms with E-state index >= 15 is 0 Å². The van der Waals surface area contributed by atoms with Crippen molar-refractivity contribution in [3.63, 3.8) is 0 Å². The fourth-order valence-corrected chi connectivity index (χ4v) is 1.38. The molecule has 0 amide bonds. The Hall–Kier alpha value is -1.92. The SMILES string of the molecule is CCn1cnnc1-c1ccc(C(F)(F)F)cn1. The summed E-state index contributed by atoms with van der Waals surface area (Å²) in [7, 11) is 0. The highest BCUT2D eigenvalue weighted by Gasteiger charge is 2.30. The summed E-state index contributed by atoms with van der Waals surface area (Å²) < 4.78 is 38.7. The molecule has 0 radical (unpaired) electrons. The van der Waals surface area contributed by atoms with E-state index in [0.717, 1.165) is 12.3 Å². The first-order chi connectivity index (χ1) is 8.02. The largest absolute Gasteiger partial charge is 0.417 e. The molecule has 4 nitrogen and oxygen atoms in total. The van der Waals surface area contributed by atoms with Gasteiger partial charge in [0.1, 0.15) is 12.0 Å². The Bertz CT molecular complexity index is 501. The van der Waals surface area contributed by atoms with Crippen molar-refractivity contribution in [2.24, 2.45) is 0 Å². The third-order valence-corrected chi connectivity index (χ3v) is 2.28. The molecule has 0 aromatic carbocycles. The van der Waals surface area contributed by atoms with E-state index in [1.165, 1.54) is 12.4 Å². The topological polar surface area (TPSA) is 43.6 Å². The van der Waals surface area contributed by atoms with Gasteiger partial charge in [-0.1, -0.05) is 0 Å². The summed E-state index contributed by atoms with van der Waals surface area (Å²) in [5, 5.41) is 7.51. The van der Waals surface area contributed by atoms with E-state index in [2.05, 4.69) is 15.2 Å². The second-order valence-electron chi connectivity index (χ2n) is 3.37. The molecule has 7 heteroatoms. The van der Waals surface area contributed by atoms with Crippen LogP contribution in [0.25, 0.3) is 11.5 Å². The van der Waals surface area contributed by atoms with Crippen LogP contribution in [0.5, 0.6) is 0 Å². The van der Waals surface area contributed by atoms with Crippen LogP contribution < -0.4 is 0 Å². The van der Waals surface area contributed by atoms with Crippen LogP contribution in [0, 0.1) is 0 Å². The van der Waals surface area contributed by atoms with Gasteiger partial charge in [-0.3, -0.25) is 4.98 Å². The fraction of sp³-hybridized carbons (Fsp3) is 0.300. The first-order valence-corrected chi connectivity index (χ1v) is 4.94. The highest BCUT2D eigenvalue weighted by molar-refractivity contribution is 5.49. The lowest BCUT2D eigenvalue weighted by Crippen LogP contribution is -2.06. The number of rotatable bonds is 2. The first kappa shape index (κ1) is 11.6. The van der Waals surface area contributed by atoms with Crippen LogP contribution in [0.15, 0.2) is 24.7 Å². The lowest BCUT2D eigenvalue weighted by molar-refractivity contribution is -0.137. The first-order valence-electron chi connectivity index (χ1n) is 4.94. The molecule has 0 aliphatic rings. The smallest absolute Gasteiger partial charge is 0.313 e. The maximum atomic E-state index is 12.3. The molecule has 2 rings (SSSR count). The zero-order valence-corrected chi connectivity index (χ0v) is 8.94. The van der Waals surface area contributed by atoms with Crippen molar-refractivity contribution in [3.8, 4) is 11.5 Å². The average Bonchev–Trinajstić information content (AvgIpc) is 2.76. The molecule has 2 heterocycles. The molecule has 17 heavy (non-hydrogen) atoms. The standard InChI is InChI=1S/C10H9F3N4/c1-2-17-6-15-16-9(17)8-4-3-7(5-14-8)10(11,12)13/h3-6H,2H2,1H3. The normalized spacial score (nSPS) is 11.8. The Morgan fingerprint density at radius 2 is 2.06 bits per heavy atom. The molecule has 0 fully saturated rings. The van der Waals surface area contributed by atoms with E-state index < -0.39 is 11.7 Å². The number of hydrogen-bond donors (Lipinski definition) is 0. The summed E-state index contributed by atoms with van der Waals surface area (Å²) in [4.78, 5) is 3.75. The van der Waals surface area contributed by atoms with Gasteiger partial charge in [0.25, 0.3) is 0 Å². The molecular weight excluding hydrogens is 233 g/mol. The van der Waals surface area contributed by atoms with Crippen LogP contribution >= 0.6 is 0 Å². The average molecular weight is 242 g/mol. The molecule has 0 bridgehead atoms. The molecular formula is C10H9F3N4. The van der Waals surface area contributed by atoms with Crippen molar-refractivity contribution in [1.29, 1.82) is 0 Å². The number of aromatic nitrogens is 4. The minimum atomic E-state index is -4.37. The summed E-state index contributed by atoms with van der Waals surface area (Å²) in [6.07, 6.45) is -2.07. The Kier molecular flexibility index (Phi) is 2.83. The van der Waals surface area contributed by atoms with Crippen LogP contribution in [0.2, 0.25) is 0 Å². The lowest BCUT2D eigenvalue weighted by atomic mass is 10.2. The maximum absolute atomic E-state index is 12.3. The van der Waals surface area contributed by atoms with Gasteiger partial charge in [0.2, 0.25) is 0 Å². The van der Waals surface area contributed by atoms with Gasteiger partial charge < -0.3 is 4.57 Å². The van der Waals surface area contributed by atoms with Crippen molar-refractivity contribution >= 4 is 0 Å². The predicted molar refractivity (Wildman–Crippen MR) is 53.9 cm³/mol. The third-order valence-electron chi connectivity index (χ3n) is 2.28. The lowest BCUT2D eigenvalue weighted by Gasteiger charge is -2.07. The Labute approximate surface area is 95.1 Å². The molecule has 2 aromatic heterocycles. The van der Waals surface area contributed by atoms with Crippen LogP contribution in [0.4, 0.5) is 13.2 Å². The summed E-state index contributed by atoms with van der Waals surface area (Å²) in [6, 6.07) is 2.27. The highest BCUT2D eigenvalue weighted by atomic mass is 19.4. The number of alkyl halides is 3. The fourth-order valence-electron chi connectivity index (χ4n) is 1.38. The van der Waals surface area contributed by atoms with Crippen LogP contribution in [0.3, 0.4) is 0 Å². The number of hydrogen-bond acceptors (Lipinski definition) is 3. The zero-order valence-electron chi connectivity index (χ0n) is 8.94. The van der Waals surface area contributed by atoms with Crippen LogP contribution in [-0.4, -0.2) is 19.7 Å². The van der Waals surface area contributed by atoms with E-state index in [0.29, 0.717) is 18.1 Å². The monoisotopic (exact) mass is 242 g/mol.